The van der Waals surface area contributed by atoms with Crippen LogP contribution in [0.15, 0.2) is 0 Å². The smallest absolute Gasteiger partial charge is 0.472 e. The molecule has 374 valence electrons. The molecular weight excluding hydrogens is 818 g/mol. The highest BCUT2D eigenvalue weighted by Gasteiger charge is 2.28. The largest absolute Gasteiger partial charge is 0.480 e. The lowest BCUT2D eigenvalue weighted by Crippen LogP contribution is -2.43. The molecule has 0 aromatic carbocycles. The van der Waals surface area contributed by atoms with Crippen molar-refractivity contribution < 1.29 is 47.8 Å². The number of carbonyl (C=O) groups excluding carboxylic acids is 2. The average Bonchev–Trinajstić information content (AvgIpc) is 3.26. The third kappa shape index (κ3) is 46.8. The molecule has 0 radical (unpaired) electrons. The van der Waals surface area contributed by atoms with Gasteiger partial charge >= 0.3 is 19.8 Å². The quantitative estimate of drug-likeness (QED) is 0.0262. The Hall–Kier alpha value is -1.52. The Morgan fingerprint density at radius 1 is 0.444 bits per heavy atom. The number of carboxylic acid groups (broad SMARTS) is 1. The van der Waals surface area contributed by atoms with Crippen LogP contribution < -0.4 is 5.32 Å². The number of carboxylic acids is 1. The second-order valence-electron chi connectivity index (χ2n) is 18.4. The first-order valence-corrected chi connectivity index (χ1v) is 28.1. The van der Waals surface area contributed by atoms with Gasteiger partial charge in [0.2, 0.25) is 5.91 Å². The summed E-state index contributed by atoms with van der Waals surface area (Å²) >= 11 is 0. The van der Waals surface area contributed by atoms with Gasteiger partial charge in [0.25, 0.3) is 0 Å². The van der Waals surface area contributed by atoms with Crippen molar-refractivity contribution >= 4 is 25.7 Å². The second kappa shape index (κ2) is 47.0. The van der Waals surface area contributed by atoms with Crippen LogP contribution in [0.3, 0.4) is 0 Å². The molecule has 0 saturated carbocycles. The van der Waals surface area contributed by atoms with Crippen molar-refractivity contribution in [2.24, 2.45) is 0 Å². The fraction of sp³-hybridized carbons (Fsp3) is 0.941. The number of aliphatic hydroxyl groups excluding tert-OH is 1. The van der Waals surface area contributed by atoms with Gasteiger partial charge in [0.1, 0.15) is 12.7 Å². The molecule has 0 aliphatic rings. The number of hydrogen-bond acceptors (Lipinski definition) is 8. The lowest BCUT2D eigenvalue weighted by molar-refractivity contribution is -0.147. The summed E-state index contributed by atoms with van der Waals surface area (Å²) in [5.74, 6) is -2.34. The summed E-state index contributed by atoms with van der Waals surface area (Å²) < 4.78 is 27.0. The van der Waals surface area contributed by atoms with Crippen molar-refractivity contribution in [1.29, 1.82) is 0 Å². The van der Waals surface area contributed by atoms with Crippen molar-refractivity contribution in [2.75, 3.05) is 19.8 Å². The normalized spacial score (nSPS) is 13.5. The van der Waals surface area contributed by atoms with Crippen LogP contribution in [-0.4, -0.2) is 64.9 Å². The van der Waals surface area contributed by atoms with Crippen molar-refractivity contribution in [1.82, 2.24) is 5.32 Å². The third-order valence-electron chi connectivity index (χ3n) is 12.1. The molecule has 63 heavy (non-hydrogen) atoms. The van der Waals surface area contributed by atoms with Gasteiger partial charge in [-0.15, -0.1) is 0 Å². The number of ether oxygens (including phenoxy) is 1. The van der Waals surface area contributed by atoms with E-state index in [9.17, 15) is 34.1 Å². The Labute approximate surface area is 386 Å². The second-order valence-corrected chi connectivity index (χ2v) is 19.9. The topological polar surface area (TPSA) is 169 Å². The van der Waals surface area contributed by atoms with Crippen LogP contribution in [0.1, 0.15) is 277 Å². The number of phosphoric ester groups is 1. The lowest BCUT2D eigenvalue weighted by Gasteiger charge is -2.18. The molecule has 0 aromatic heterocycles. The number of esters is 1. The number of hydrogen-bond donors (Lipinski definition) is 4. The zero-order valence-corrected chi connectivity index (χ0v) is 41.8. The van der Waals surface area contributed by atoms with Crippen LogP contribution in [0.2, 0.25) is 0 Å². The summed E-state index contributed by atoms with van der Waals surface area (Å²) in [5.41, 5.74) is 0. The van der Waals surface area contributed by atoms with E-state index in [1.807, 2.05) is 0 Å². The summed E-state index contributed by atoms with van der Waals surface area (Å²) in [6.07, 6.45) is 48.4. The molecule has 0 fully saturated rings. The van der Waals surface area contributed by atoms with E-state index in [0.717, 1.165) is 38.5 Å². The summed E-state index contributed by atoms with van der Waals surface area (Å²) in [6.45, 7) is 2.66. The number of carbonyl (C=O) groups is 3. The maximum atomic E-state index is 12.4. The van der Waals surface area contributed by atoms with Gasteiger partial charge in [0, 0.05) is 12.8 Å². The maximum absolute atomic E-state index is 12.4. The molecule has 0 aliphatic carbocycles. The highest BCUT2D eigenvalue weighted by molar-refractivity contribution is 7.47. The number of nitrogens with one attached hydrogen (secondary N) is 1. The van der Waals surface area contributed by atoms with Crippen LogP contribution in [0, 0.1) is 0 Å². The van der Waals surface area contributed by atoms with Crippen LogP contribution in [0.5, 0.6) is 0 Å². The third-order valence-corrected chi connectivity index (χ3v) is 13.1. The van der Waals surface area contributed by atoms with Crippen molar-refractivity contribution in [2.45, 2.75) is 289 Å². The standard InChI is InChI=1S/C51H100NO10P/c1-3-5-7-9-11-13-15-17-19-21-22-23-24-25-27-28-30-32-34-36-38-40-42-49(54)52-48(51(56)57)46-62-63(58,59)61-45-47(53)44-60-50(55)43-41-39-37-35-33-31-29-26-20-18-16-14-12-10-8-6-4-2/h47-48,53H,3-46H2,1-2H3,(H,52,54)(H,56,57)(H,58,59). The minimum absolute atomic E-state index is 0.153. The van der Waals surface area contributed by atoms with E-state index < -0.39 is 57.6 Å². The average molecular weight is 918 g/mol. The van der Waals surface area contributed by atoms with Gasteiger partial charge in [-0.2, -0.15) is 0 Å². The molecule has 0 bridgehead atoms. The molecule has 0 spiro atoms. The van der Waals surface area contributed by atoms with E-state index in [-0.39, 0.29) is 12.8 Å². The summed E-state index contributed by atoms with van der Waals surface area (Å²) in [4.78, 5) is 46.1. The predicted octanol–water partition coefficient (Wildman–Crippen LogP) is 14.6. The van der Waals surface area contributed by atoms with Crippen molar-refractivity contribution in [3.63, 3.8) is 0 Å². The zero-order chi connectivity index (χ0) is 46.3. The van der Waals surface area contributed by atoms with Gasteiger partial charge in [0.15, 0.2) is 6.04 Å². The van der Waals surface area contributed by atoms with Crippen LogP contribution in [-0.2, 0) is 32.7 Å². The molecule has 0 aromatic rings. The minimum Gasteiger partial charge on any atom is -0.480 e. The van der Waals surface area contributed by atoms with Crippen LogP contribution >= 0.6 is 7.82 Å². The number of aliphatic carboxylic acids is 1. The Kier molecular flexibility index (Phi) is 45.9. The predicted molar refractivity (Wildman–Crippen MR) is 259 cm³/mol. The number of amides is 1. The zero-order valence-electron chi connectivity index (χ0n) is 40.9. The molecule has 0 heterocycles. The number of unbranched alkanes of at least 4 members (excludes halogenated alkanes) is 37. The van der Waals surface area contributed by atoms with E-state index in [1.54, 1.807) is 0 Å². The summed E-state index contributed by atoms with van der Waals surface area (Å²) in [6, 6.07) is -1.54. The first-order chi connectivity index (χ1) is 30.6. The molecule has 3 unspecified atom stereocenters. The Bertz CT molecular complexity index is 1080. The number of aliphatic hydroxyl groups is 1. The molecule has 12 heteroatoms. The molecule has 1 amide bonds. The van der Waals surface area contributed by atoms with E-state index in [2.05, 4.69) is 19.2 Å². The molecule has 11 nitrogen and oxygen atoms in total. The number of rotatable bonds is 51. The van der Waals surface area contributed by atoms with Crippen LogP contribution in [0.25, 0.3) is 0 Å². The monoisotopic (exact) mass is 918 g/mol. The van der Waals surface area contributed by atoms with Gasteiger partial charge < -0.3 is 25.2 Å². The van der Waals surface area contributed by atoms with Crippen molar-refractivity contribution in [3.05, 3.63) is 0 Å². The first-order valence-electron chi connectivity index (χ1n) is 26.6. The Morgan fingerprint density at radius 3 is 1.05 bits per heavy atom. The molecule has 4 N–H and O–H groups in total. The highest BCUT2D eigenvalue weighted by atomic mass is 31.2. The minimum atomic E-state index is -4.75. The molecule has 0 saturated heterocycles. The van der Waals surface area contributed by atoms with Gasteiger partial charge in [-0.3, -0.25) is 18.6 Å². The van der Waals surface area contributed by atoms with Gasteiger partial charge in [-0.1, -0.05) is 251 Å². The van der Waals surface area contributed by atoms with Crippen molar-refractivity contribution in [3.8, 4) is 0 Å². The maximum Gasteiger partial charge on any atom is 0.472 e. The fourth-order valence-electron chi connectivity index (χ4n) is 8.03. The fourth-order valence-corrected chi connectivity index (χ4v) is 8.80. The highest BCUT2D eigenvalue weighted by Crippen LogP contribution is 2.43. The Balaban J connectivity index is 3.76. The van der Waals surface area contributed by atoms with E-state index >= 15 is 0 Å². The molecular formula is C51H100NO10P. The summed E-state index contributed by atoms with van der Waals surface area (Å²) in [7, 11) is -4.75. The van der Waals surface area contributed by atoms with Gasteiger partial charge in [-0.05, 0) is 12.8 Å². The molecule has 0 aliphatic heterocycles. The molecule has 3 atom stereocenters. The molecule has 0 rings (SSSR count). The van der Waals surface area contributed by atoms with Gasteiger partial charge in [0.05, 0.1) is 13.2 Å². The van der Waals surface area contributed by atoms with Gasteiger partial charge in [-0.25, -0.2) is 9.36 Å². The summed E-state index contributed by atoms with van der Waals surface area (Å²) in [5, 5.41) is 21.9. The van der Waals surface area contributed by atoms with E-state index in [4.69, 9.17) is 13.8 Å². The SMILES string of the molecule is CCCCCCCCCCCCCCCCCCCCCCCCC(=O)NC(COP(=O)(O)OCC(O)COC(=O)CCCCCCCCCCCCCCCCCCC)C(=O)O. The van der Waals surface area contributed by atoms with E-state index in [0.29, 0.717) is 12.8 Å². The lowest BCUT2D eigenvalue weighted by atomic mass is 10.0. The van der Waals surface area contributed by atoms with Crippen LogP contribution in [0.4, 0.5) is 0 Å². The Morgan fingerprint density at radius 2 is 0.730 bits per heavy atom. The number of phosphoric acid groups is 1. The van der Waals surface area contributed by atoms with E-state index in [1.165, 1.54) is 199 Å². The first kappa shape index (κ1) is 61.5.